The smallest absolute Gasteiger partial charge is 0.322 e. The number of hydrogen-bond donors (Lipinski definition) is 4. The van der Waals surface area contributed by atoms with E-state index in [9.17, 15) is 9.59 Å². The maximum absolute atomic E-state index is 11.1. The first kappa shape index (κ1) is 16.5. The number of carboxylic acids is 2. The summed E-state index contributed by atoms with van der Waals surface area (Å²) in [7, 11) is 0. The number of benzene rings is 1. The molecule has 0 heterocycles. The highest BCUT2D eigenvalue weighted by Crippen LogP contribution is 2.04. The Morgan fingerprint density at radius 2 is 1.90 bits per heavy atom. The third-order valence-corrected chi connectivity index (χ3v) is 2.80. The molecule has 3 N–H and O–H groups in total. The van der Waals surface area contributed by atoms with Crippen LogP contribution in [0.2, 0.25) is 0 Å². The van der Waals surface area contributed by atoms with Gasteiger partial charge in [0, 0.05) is 18.8 Å². The normalized spacial score (nSPS) is 12.3. The molecule has 0 spiro atoms. The summed E-state index contributed by atoms with van der Waals surface area (Å²) in [5.41, 5.74) is 3.74. The summed E-state index contributed by atoms with van der Waals surface area (Å²) in [5.74, 6) is -1.82. The van der Waals surface area contributed by atoms with Crippen molar-refractivity contribution >= 4 is 24.6 Å². The first-order valence-corrected chi connectivity index (χ1v) is 6.76. The lowest BCUT2D eigenvalue weighted by atomic mass is 10.2. The molecule has 6 nitrogen and oxygen atoms in total. The molecular weight excluding hydrogens is 280 g/mol. The van der Waals surface area contributed by atoms with Crippen LogP contribution in [0.4, 0.5) is 0 Å². The number of nitrogens with one attached hydrogen (secondary N) is 1. The van der Waals surface area contributed by atoms with Crippen LogP contribution in [0.15, 0.2) is 30.3 Å². The number of thiol groups is 1. The number of carbonyl (C=O) groups is 2. The summed E-state index contributed by atoms with van der Waals surface area (Å²) in [6, 6.07) is 8.35. The predicted molar refractivity (Wildman–Crippen MR) is 77.5 cm³/mol. The second kappa shape index (κ2) is 8.57. The maximum atomic E-state index is 11.1. The van der Waals surface area contributed by atoms with Crippen LogP contribution in [0.25, 0.3) is 0 Å². The summed E-state index contributed by atoms with van der Waals surface area (Å²) in [5, 5.41) is 19.4. The Balaban J connectivity index is 2.69. The molecule has 1 aromatic rings. The van der Waals surface area contributed by atoms with E-state index in [-0.39, 0.29) is 0 Å². The van der Waals surface area contributed by atoms with E-state index in [1.807, 2.05) is 30.3 Å². The molecule has 20 heavy (non-hydrogen) atoms. The highest BCUT2D eigenvalue weighted by Gasteiger charge is 2.23. The van der Waals surface area contributed by atoms with Gasteiger partial charge in [-0.05, 0) is 5.56 Å². The van der Waals surface area contributed by atoms with Gasteiger partial charge < -0.3 is 10.2 Å². The molecule has 0 aliphatic heterocycles. The van der Waals surface area contributed by atoms with Crippen LogP contribution in [0.5, 0.6) is 0 Å². The number of hydrogen-bond acceptors (Lipinski definition) is 5. The molecule has 0 amide bonds. The van der Waals surface area contributed by atoms with Crippen molar-refractivity contribution in [1.29, 1.82) is 0 Å². The van der Waals surface area contributed by atoms with Crippen LogP contribution < -0.4 is 5.43 Å². The number of rotatable bonds is 9. The summed E-state index contributed by atoms with van der Waals surface area (Å²) < 4.78 is 0. The van der Waals surface area contributed by atoms with Crippen molar-refractivity contribution in [2.75, 3.05) is 12.3 Å². The third-order valence-electron chi connectivity index (χ3n) is 2.60. The largest absolute Gasteiger partial charge is 0.481 e. The number of hydrazine groups is 1. The van der Waals surface area contributed by atoms with Gasteiger partial charge in [0.2, 0.25) is 0 Å². The molecule has 1 aromatic carbocycles. The average molecular weight is 298 g/mol. The SMILES string of the molecule is O=C(O)C[C@H](NN(CCS)Cc1ccccc1)C(=O)O. The number of aliphatic carboxylic acids is 2. The van der Waals surface area contributed by atoms with Crippen molar-refractivity contribution in [3.8, 4) is 0 Å². The van der Waals surface area contributed by atoms with Crippen LogP contribution in [0.3, 0.4) is 0 Å². The lowest BCUT2D eigenvalue weighted by molar-refractivity contribution is -0.147. The first-order chi connectivity index (χ1) is 9.52. The van der Waals surface area contributed by atoms with E-state index in [1.165, 1.54) is 0 Å². The van der Waals surface area contributed by atoms with Crippen molar-refractivity contribution in [2.24, 2.45) is 0 Å². The molecule has 1 atom stereocenters. The Kier molecular flexibility index (Phi) is 7.06. The second-order valence-corrected chi connectivity index (χ2v) is 4.70. The van der Waals surface area contributed by atoms with E-state index in [4.69, 9.17) is 10.2 Å². The van der Waals surface area contributed by atoms with Gasteiger partial charge in [0.15, 0.2) is 0 Å². The van der Waals surface area contributed by atoms with Crippen LogP contribution in [-0.2, 0) is 16.1 Å². The summed E-state index contributed by atoms with van der Waals surface area (Å²) in [4.78, 5) is 21.7. The maximum Gasteiger partial charge on any atom is 0.322 e. The minimum Gasteiger partial charge on any atom is -0.481 e. The quantitative estimate of drug-likeness (QED) is 0.399. The first-order valence-electron chi connectivity index (χ1n) is 6.13. The lowest BCUT2D eigenvalue weighted by Gasteiger charge is -2.26. The van der Waals surface area contributed by atoms with Crippen molar-refractivity contribution in [3.05, 3.63) is 35.9 Å². The van der Waals surface area contributed by atoms with Crippen molar-refractivity contribution in [1.82, 2.24) is 10.4 Å². The van der Waals surface area contributed by atoms with Gasteiger partial charge in [-0.15, -0.1) is 0 Å². The minimum atomic E-state index is -1.19. The molecule has 0 saturated heterocycles. The van der Waals surface area contributed by atoms with E-state index in [0.717, 1.165) is 5.56 Å². The van der Waals surface area contributed by atoms with Gasteiger partial charge in [0.05, 0.1) is 6.42 Å². The molecule has 7 heteroatoms. The van der Waals surface area contributed by atoms with Gasteiger partial charge in [-0.25, -0.2) is 10.4 Å². The highest BCUT2D eigenvalue weighted by molar-refractivity contribution is 7.80. The second-order valence-electron chi connectivity index (χ2n) is 4.25. The number of nitrogens with zero attached hydrogens (tertiary/aromatic N) is 1. The Morgan fingerprint density at radius 3 is 2.40 bits per heavy atom. The average Bonchev–Trinajstić information content (AvgIpc) is 2.38. The molecule has 0 radical (unpaired) electrons. The topological polar surface area (TPSA) is 89.9 Å². The van der Waals surface area contributed by atoms with Crippen LogP contribution in [0, 0.1) is 0 Å². The standard InChI is InChI=1S/C13H18N2O4S/c16-12(17)8-11(13(18)19)14-15(6-7-20)9-10-4-2-1-3-5-10/h1-5,11,14,20H,6-9H2,(H,16,17)(H,18,19)/t11-/m0/s1. The van der Waals surface area contributed by atoms with Crippen LogP contribution in [0.1, 0.15) is 12.0 Å². The van der Waals surface area contributed by atoms with Crippen LogP contribution >= 0.6 is 12.6 Å². The monoisotopic (exact) mass is 298 g/mol. The van der Waals surface area contributed by atoms with E-state index >= 15 is 0 Å². The summed E-state index contributed by atoms with van der Waals surface area (Å²) in [6.45, 7) is 0.978. The molecule has 0 unspecified atom stereocenters. The van der Waals surface area contributed by atoms with Gasteiger partial charge in [0.1, 0.15) is 6.04 Å². The van der Waals surface area contributed by atoms with E-state index < -0.39 is 24.4 Å². The van der Waals surface area contributed by atoms with Gasteiger partial charge >= 0.3 is 11.9 Å². The molecule has 0 aliphatic rings. The third kappa shape index (κ3) is 6.05. The Hall–Kier alpha value is -1.57. The van der Waals surface area contributed by atoms with E-state index in [2.05, 4.69) is 18.1 Å². The molecular formula is C13H18N2O4S. The van der Waals surface area contributed by atoms with Crippen molar-refractivity contribution in [2.45, 2.75) is 19.0 Å². The Labute approximate surface area is 122 Å². The van der Waals surface area contributed by atoms with Gasteiger partial charge in [-0.2, -0.15) is 12.6 Å². The minimum absolute atomic E-state index is 0.477. The zero-order valence-corrected chi connectivity index (χ0v) is 11.8. The Bertz CT molecular complexity index is 441. The van der Waals surface area contributed by atoms with Crippen molar-refractivity contribution in [3.63, 3.8) is 0 Å². The fraction of sp³-hybridized carbons (Fsp3) is 0.385. The predicted octanol–water partition coefficient (Wildman–Crippen LogP) is 0.851. The molecule has 0 aromatic heterocycles. The fourth-order valence-electron chi connectivity index (χ4n) is 1.70. The zero-order valence-electron chi connectivity index (χ0n) is 10.9. The zero-order chi connectivity index (χ0) is 15.0. The fourth-order valence-corrected chi connectivity index (χ4v) is 1.94. The molecule has 1 rings (SSSR count). The number of carboxylic acid groups (broad SMARTS) is 2. The van der Waals surface area contributed by atoms with Crippen LogP contribution in [-0.4, -0.2) is 45.5 Å². The van der Waals surface area contributed by atoms with Gasteiger partial charge in [0.25, 0.3) is 0 Å². The van der Waals surface area contributed by atoms with Gasteiger partial charge in [-0.3, -0.25) is 9.59 Å². The molecule has 0 fully saturated rings. The lowest BCUT2D eigenvalue weighted by Crippen LogP contribution is -2.49. The molecule has 110 valence electrons. The van der Waals surface area contributed by atoms with E-state index in [0.29, 0.717) is 18.8 Å². The molecule has 0 bridgehead atoms. The Morgan fingerprint density at radius 1 is 1.25 bits per heavy atom. The highest BCUT2D eigenvalue weighted by atomic mass is 32.1. The van der Waals surface area contributed by atoms with E-state index in [1.54, 1.807) is 5.01 Å². The summed E-state index contributed by atoms with van der Waals surface area (Å²) >= 11 is 4.12. The van der Waals surface area contributed by atoms with Gasteiger partial charge in [-0.1, -0.05) is 30.3 Å². The molecule has 0 saturated carbocycles. The van der Waals surface area contributed by atoms with Crippen molar-refractivity contribution < 1.29 is 19.8 Å². The molecule has 0 aliphatic carbocycles. The summed E-state index contributed by atoms with van der Waals surface area (Å²) in [6.07, 6.45) is -0.479.